The van der Waals surface area contributed by atoms with Crippen LogP contribution in [0.1, 0.15) is 64.5 Å². The van der Waals surface area contributed by atoms with Gasteiger partial charge in [-0.15, -0.1) is 0 Å². The summed E-state index contributed by atoms with van der Waals surface area (Å²) in [6, 6.07) is 9.64. The molecular formula is C18H29NO. The van der Waals surface area contributed by atoms with Gasteiger partial charge in [0.25, 0.3) is 0 Å². The summed E-state index contributed by atoms with van der Waals surface area (Å²) in [4.78, 5) is 0. The zero-order valence-corrected chi connectivity index (χ0v) is 13.2. The first-order chi connectivity index (χ1) is 9.74. The monoisotopic (exact) mass is 275 g/mol. The largest absolute Gasteiger partial charge is 0.494 e. The highest BCUT2D eigenvalue weighted by Crippen LogP contribution is 2.29. The molecule has 2 nitrogen and oxygen atoms in total. The highest BCUT2D eigenvalue weighted by Gasteiger charge is 2.24. The summed E-state index contributed by atoms with van der Waals surface area (Å²) in [5, 5.41) is 3.85. The molecule has 0 aromatic heterocycles. The summed E-state index contributed by atoms with van der Waals surface area (Å²) in [5.41, 5.74) is 1.36. The Morgan fingerprint density at radius 2 is 1.85 bits per heavy atom. The summed E-state index contributed by atoms with van der Waals surface area (Å²) in [6.45, 7) is 7.35. The first-order valence-corrected chi connectivity index (χ1v) is 8.23. The lowest BCUT2D eigenvalue weighted by atomic mass is 9.82. The van der Waals surface area contributed by atoms with Crippen LogP contribution in [0.15, 0.2) is 24.3 Å². The third kappa shape index (κ3) is 3.99. The number of hydrogen-bond acceptors (Lipinski definition) is 2. The van der Waals surface area contributed by atoms with Crippen LogP contribution in [0, 0.1) is 5.92 Å². The Hall–Kier alpha value is -1.02. The molecule has 0 bridgehead atoms. The van der Waals surface area contributed by atoms with Crippen molar-refractivity contribution >= 4 is 0 Å². The molecule has 0 amide bonds. The Labute approximate surface area is 123 Å². The predicted octanol–water partition coefficient (Wildman–Crippen LogP) is 4.70. The molecule has 0 radical (unpaired) electrons. The molecule has 1 aromatic rings. The van der Waals surface area contributed by atoms with Crippen molar-refractivity contribution in [1.29, 1.82) is 0 Å². The maximum Gasteiger partial charge on any atom is 0.119 e. The first-order valence-electron chi connectivity index (χ1n) is 8.23. The number of benzene rings is 1. The van der Waals surface area contributed by atoms with Gasteiger partial charge in [-0.25, -0.2) is 0 Å². The van der Waals surface area contributed by atoms with Crippen LogP contribution in [-0.2, 0) is 0 Å². The minimum absolute atomic E-state index is 0.419. The van der Waals surface area contributed by atoms with E-state index in [1.807, 2.05) is 6.92 Å². The maximum absolute atomic E-state index is 5.50. The van der Waals surface area contributed by atoms with Crippen LogP contribution >= 0.6 is 0 Å². The molecule has 0 heterocycles. The third-order valence-electron chi connectivity index (χ3n) is 4.59. The van der Waals surface area contributed by atoms with Gasteiger partial charge in [0.15, 0.2) is 0 Å². The Kier molecular flexibility index (Phi) is 5.90. The van der Waals surface area contributed by atoms with Crippen molar-refractivity contribution in [1.82, 2.24) is 5.32 Å². The molecule has 1 aliphatic rings. The highest BCUT2D eigenvalue weighted by atomic mass is 16.5. The van der Waals surface area contributed by atoms with E-state index in [1.165, 1.54) is 37.7 Å². The van der Waals surface area contributed by atoms with Crippen LogP contribution in [0.2, 0.25) is 0 Å². The quantitative estimate of drug-likeness (QED) is 0.812. The van der Waals surface area contributed by atoms with E-state index in [9.17, 15) is 0 Å². The van der Waals surface area contributed by atoms with Crippen LogP contribution in [0.3, 0.4) is 0 Å². The number of rotatable bonds is 6. The molecule has 1 aromatic carbocycles. The Morgan fingerprint density at radius 3 is 2.50 bits per heavy atom. The zero-order valence-electron chi connectivity index (χ0n) is 13.2. The SMILES string of the molecule is CCOc1ccc(C(C)NC2CCCCC2CC)cc1. The minimum atomic E-state index is 0.419. The number of ether oxygens (including phenoxy) is 1. The molecule has 0 saturated heterocycles. The molecule has 2 rings (SSSR count). The van der Waals surface area contributed by atoms with E-state index in [2.05, 4.69) is 43.4 Å². The van der Waals surface area contributed by atoms with Crippen molar-refractivity contribution < 1.29 is 4.74 Å². The second-order valence-corrected chi connectivity index (χ2v) is 5.95. The zero-order chi connectivity index (χ0) is 14.4. The van der Waals surface area contributed by atoms with Gasteiger partial charge in [0.05, 0.1) is 6.61 Å². The topological polar surface area (TPSA) is 21.3 Å². The lowest BCUT2D eigenvalue weighted by Crippen LogP contribution is -2.39. The molecule has 0 aliphatic heterocycles. The summed E-state index contributed by atoms with van der Waals surface area (Å²) < 4.78 is 5.50. The normalized spacial score (nSPS) is 24.4. The van der Waals surface area contributed by atoms with Gasteiger partial charge in [-0.05, 0) is 50.3 Å². The Balaban J connectivity index is 1.94. The lowest BCUT2D eigenvalue weighted by molar-refractivity contribution is 0.240. The van der Waals surface area contributed by atoms with Crippen molar-refractivity contribution in [3.8, 4) is 5.75 Å². The fourth-order valence-corrected chi connectivity index (χ4v) is 3.35. The average molecular weight is 275 g/mol. The second-order valence-electron chi connectivity index (χ2n) is 5.95. The lowest BCUT2D eigenvalue weighted by Gasteiger charge is -2.34. The van der Waals surface area contributed by atoms with Crippen LogP contribution in [0.5, 0.6) is 5.75 Å². The van der Waals surface area contributed by atoms with E-state index >= 15 is 0 Å². The summed E-state index contributed by atoms with van der Waals surface area (Å²) >= 11 is 0. The molecule has 1 N–H and O–H groups in total. The number of hydrogen-bond donors (Lipinski definition) is 1. The van der Waals surface area contributed by atoms with E-state index in [0.717, 1.165) is 18.3 Å². The van der Waals surface area contributed by atoms with E-state index in [1.54, 1.807) is 0 Å². The van der Waals surface area contributed by atoms with E-state index < -0.39 is 0 Å². The van der Waals surface area contributed by atoms with Gasteiger partial charge in [0.1, 0.15) is 5.75 Å². The Morgan fingerprint density at radius 1 is 1.15 bits per heavy atom. The van der Waals surface area contributed by atoms with Crippen LogP contribution < -0.4 is 10.1 Å². The Bertz CT molecular complexity index is 387. The van der Waals surface area contributed by atoms with Crippen molar-refractivity contribution in [3.05, 3.63) is 29.8 Å². The van der Waals surface area contributed by atoms with Crippen LogP contribution in [-0.4, -0.2) is 12.6 Å². The van der Waals surface area contributed by atoms with E-state index in [-0.39, 0.29) is 0 Å². The van der Waals surface area contributed by atoms with Crippen molar-refractivity contribution in [2.45, 2.75) is 65.0 Å². The molecule has 20 heavy (non-hydrogen) atoms. The summed E-state index contributed by atoms with van der Waals surface area (Å²) in [7, 11) is 0. The van der Waals surface area contributed by atoms with Gasteiger partial charge in [-0.3, -0.25) is 0 Å². The van der Waals surface area contributed by atoms with Crippen LogP contribution in [0.4, 0.5) is 0 Å². The second kappa shape index (κ2) is 7.68. The molecular weight excluding hydrogens is 246 g/mol. The van der Waals surface area contributed by atoms with Crippen LogP contribution in [0.25, 0.3) is 0 Å². The van der Waals surface area contributed by atoms with E-state index in [0.29, 0.717) is 12.1 Å². The van der Waals surface area contributed by atoms with Gasteiger partial charge in [0, 0.05) is 12.1 Å². The van der Waals surface area contributed by atoms with E-state index in [4.69, 9.17) is 4.74 Å². The summed E-state index contributed by atoms with van der Waals surface area (Å²) in [5.74, 6) is 1.82. The van der Waals surface area contributed by atoms with Gasteiger partial charge in [-0.2, -0.15) is 0 Å². The average Bonchev–Trinajstić information content (AvgIpc) is 2.49. The molecule has 2 heteroatoms. The molecule has 1 aliphatic carbocycles. The highest BCUT2D eigenvalue weighted by molar-refractivity contribution is 5.29. The van der Waals surface area contributed by atoms with Gasteiger partial charge in [-0.1, -0.05) is 38.3 Å². The molecule has 3 unspecified atom stereocenters. The third-order valence-corrected chi connectivity index (χ3v) is 4.59. The molecule has 3 atom stereocenters. The maximum atomic E-state index is 5.50. The molecule has 112 valence electrons. The summed E-state index contributed by atoms with van der Waals surface area (Å²) in [6.07, 6.45) is 6.82. The molecule has 1 saturated carbocycles. The van der Waals surface area contributed by atoms with Gasteiger partial charge in [0.2, 0.25) is 0 Å². The number of nitrogens with one attached hydrogen (secondary N) is 1. The fourth-order valence-electron chi connectivity index (χ4n) is 3.35. The predicted molar refractivity (Wildman–Crippen MR) is 85.2 cm³/mol. The van der Waals surface area contributed by atoms with Crippen molar-refractivity contribution in [2.75, 3.05) is 6.61 Å². The van der Waals surface area contributed by atoms with Gasteiger partial charge < -0.3 is 10.1 Å². The van der Waals surface area contributed by atoms with Crippen molar-refractivity contribution in [2.24, 2.45) is 5.92 Å². The molecule has 1 fully saturated rings. The first kappa shape index (κ1) is 15.4. The standard InChI is InChI=1S/C18H29NO/c1-4-15-8-6-7-9-18(15)19-14(3)16-10-12-17(13-11-16)20-5-2/h10-15,18-19H,4-9H2,1-3H3. The van der Waals surface area contributed by atoms with Gasteiger partial charge >= 0.3 is 0 Å². The van der Waals surface area contributed by atoms with Crippen molar-refractivity contribution in [3.63, 3.8) is 0 Å². The minimum Gasteiger partial charge on any atom is -0.494 e. The fraction of sp³-hybridized carbons (Fsp3) is 0.667. The molecule has 0 spiro atoms. The smallest absolute Gasteiger partial charge is 0.119 e.